The number of nitrogens with one attached hydrogen (secondary N) is 1. The van der Waals surface area contributed by atoms with E-state index in [2.05, 4.69) is 5.32 Å². The fourth-order valence-electron chi connectivity index (χ4n) is 3.29. The van der Waals surface area contributed by atoms with Gasteiger partial charge in [-0.25, -0.2) is 8.42 Å². The molecule has 0 spiro atoms. The van der Waals surface area contributed by atoms with E-state index >= 15 is 0 Å². The lowest BCUT2D eigenvalue weighted by atomic mass is 10.1. The highest BCUT2D eigenvalue weighted by Crippen LogP contribution is 2.31. The van der Waals surface area contributed by atoms with Gasteiger partial charge in [-0.1, -0.05) is 48.9 Å². The average molecular weight is 477 g/mol. The smallest absolute Gasteiger partial charge is 0.325 e. The topological polar surface area (TPSA) is 66.5 Å². The number of hydrogen-bond acceptors (Lipinski definition) is 3. The summed E-state index contributed by atoms with van der Waals surface area (Å²) >= 11 is 0. The normalized spacial score (nSPS) is 11.8. The summed E-state index contributed by atoms with van der Waals surface area (Å²) in [6.45, 7) is 3.07. The highest BCUT2D eigenvalue weighted by Gasteiger charge is 2.31. The molecule has 3 aromatic rings. The Bertz CT molecular complexity index is 1240. The zero-order valence-corrected chi connectivity index (χ0v) is 18.9. The molecule has 33 heavy (non-hydrogen) atoms. The lowest BCUT2D eigenvalue weighted by Gasteiger charge is -2.26. The van der Waals surface area contributed by atoms with Crippen molar-refractivity contribution in [3.63, 3.8) is 0 Å². The van der Waals surface area contributed by atoms with Crippen molar-refractivity contribution < 1.29 is 26.4 Å². The first-order valence-electron chi connectivity index (χ1n) is 10.2. The maximum absolute atomic E-state index is 13.5. The summed E-state index contributed by atoms with van der Waals surface area (Å²) in [5.41, 5.74) is 0.920. The monoisotopic (exact) mass is 476 g/mol. The molecule has 1 N–H and O–H groups in total. The third kappa shape index (κ3) is 5.73. The third-order valence-corrected chi connectivity index (χ3v) is 6.79. The van der Waals surface area contributed by atoms with Gasteiger partial charge < -0.3 is 5.32 Å². The molecule has 0 unspecified atom stereocenters. The van der Waals surface area contributed by atoms with Crippen LogP contribution in [0.2, 0.25) is 0 Å². The molecule has 0 aliphatic carbocycles. The molecule has 0 aromatic heterocycles. The molecule has 0 fully saturated rings. The van der Waals surface area contributed by atoms with Gasteiger partial charge in [0.2, 0.25) is 5.91 Å². The van der Waals surface area contributed by atoms with Crippen LogP contribution < -0.4 is 9.62 Å². The molecule has 5 nitrogen and oxygen atoms in total. The van der Waals surface area contributed by atoms with Crippen LogP contribution in [0.5, 0.6) is 0 Å². The Morgan fingerprint density at radius 1 is 0.970 bits per heavy atom. The van der Waals surface area contributed by atoms with E-state index in [9.17, 15) is 26.4 Å². The summed E-state index contributed by atoms with van der Waals surface area (Å²) in [6, 6.07) is 17.2. The molecule has 0 aliphatic heterocycles. The highest BCUT2D eigenvalue weighted by molar-refractivity contribution is 7.92. The van der Waals surface area contributed by atoms with E-state index in [1.807, 2.05) is 13.8 Å². The second kappa shape index (κ2) is 9.66. The summed E-state index contributed by atoms with van der Waals surface area (Å²) in [5, 5.41) is 2.38. The van der Waals surface area contributed by atoms with Gasteiger partial charge in [0, 0.05) is 5.69 Å². The fraction of sp³-hybridized carbons (Fsp3) is 0.208. The van der Waals surface area contributed by atoms with Gasteiger partial charge in [-0.15, -0.1) is 0 Å². The molecule has 0 radical (unpaired) electrons. The maximum Gasteiger partial charge on any atom is 0.416 e. The van der Waals surface area contributed by atoms with Crippen LogP contribution in [0.15, 0.2) is 77.7 Å². The Morgan fingerprint density at radius 3 is 2.27 bits per heavy atom. The van der Waals surface area contributed by atoms with Crippen molar-refractivity contribution in [3.05, 3.63) is 89.5 Å². The second-order valence-corrected chi connectivity index (χ2v) is 9.30. The van der Waals surface area contributed by atoms with Crippen LogP contribution in [0, 0.1) is 6.92 Å². The molecule has 0 atom stereocenters. The number of alkyl halides is 3. The zero-order valence-electron chi connectivity index (χ0n) is 18.1. The molecule has 0 saturated heterocycles. The molecule has 0 aliphatic rings. The Morgan fingerprint density at radius 2 is 1.64 bits per heavy atom. The van der Waals surface area contributed by atoms with E-state index in [0.29, 0.717) is 17.7 Å². The van der Waals surface area contributed by atoms with Crippen molar-refractivity contribution in [2.24, 2.45) is 0 Å². The summed E-state index contributed by atoms with van der Waals surface area (Å²) < 4.78 is 66.9. The van der Waals surface area contributed by atoms with E-state index in [0.717, 1.165) is 22.0 Å². The minimum Gasteiger partial charge on any atom is -0.325 e. The molecular weight excluding hydrogens is 453 g/mol. The first-order chi connectivity index (χ1) is 15.5. The Kier molecular flexibility index (Phi) is 7.12. The Hall–Kier alpha value is -3.33. The van der Waals surface area contributed by atoms with Crippen LogP contribution in [-0.4, -0.2) is 20.9 Å². The molecule has 3 rings (SSSR count). The zero-order chi connectivity index (χ0) is 24.2. The van der Waals surface area contributed by atoms with Crippen LogP contribution in [-0.2, 0) is 27.4 Å². The van der Waals surface area contributed by atoms with Crippen LogP contribution in [0.25, 0.3) is 0 Å². The number of amides is 1. The third-order valence-electron chi connectivity index (χ3n) is 5.01. The number of hydrogen-bond donors (Lipinski definition) is 1. The molecule has 9 heteroatoms. The van der Waals surface area contributed by atoms with E-state index in [4.69, 9.17) is 0 Å². The van der Waals surface area contributed by atoms with Gasteiger partial charge >= 0.3 is 6.18 Å². The van der Waals surface area contributed by atoms with Gasteiger partial charge in [0.05, 0.1) is 16.1 Å². The lowest BCUT2D eigenvalue weighted by molar-refractivity contribution is -0.137. The standard InChI is InChI=1S/C24H23F3N2O3S/c1-3-18-7-4-5-10-22(18)29(33(31,32)21-13-11-17(2)12-14-21)16-23(30)28-20-9-6-8-19(15-20)24(25,26)27/h4-15H,3,16H2,1-2H3,(H,28,30). The Labute approximate surface area is 190 Å². The number of anilines is 2. The minimum atomic E-state index is -4.57. The van der Waals surface area contributed by atoms with Gasteiger partial charge in [-0.05, 0) is 55.3 Å². The van der Waals surface area contributed by atoms with Crippen LogP contribution in [0.1, 0.15) is 23.6 Å². The molecule has 0 bridgehead atoms. The van der Waals surface area contributed by atoms with E-state index in [-0.39, 0.29) is 10.6 Å². The van der Waals surface area contributed by atoms with E-state index in [1.165, 1.54) is 24.3 Å². The van der Waals surface area contributed by atoms with Gasteiger partial charge in [0.25, 0.3) is 10.0 Å². The number of halogens is 3. The van der Waals surface area contributed by atoms with Crippen LogP contribution in [0.4, 0.5) is 24.5 Å². The fourth-order valence-corrected chi connectivity index (χ4v) is 4.75. The maximum atomic E-state index is 13.5. The van der Waals surface area contributed by atoms with Crippen molar-refractivity contribution in [3.8, 4) is 0 Å². The molecule has 0 heterocycles. The average Bonchev–Trinajstić information content (AvgIpc) is 2.77. The van der Waals surface area contributed by atoms with Gasteiger partial charge in [0.1, 0.15) is 6.54 Å². The number of carbonyl (C=O) groups is 1. The van der Waals surface area contributed by atoms with Crippen LogP contribution in [0.3, 0.4) is 0 Å². The quantitative estimate of drug-likeness (QED) is 0.496. The minimum absolute atomic E-state index is 0.00544. The Balaban J connectivity index is 1.97. The molecule has 1 amide bonds. The summed E-state index contributed by atoms with van der Waals surface area (Å²) in [5.74, 6) is -0.768. The number of aryl methyl sites for hydroxylation is 2. The van der Waals surface area contributed by atoms with Crippen molar-refractivity contribution in [2.75, 3.05) is 16.2 Å². The van der Waals surface area contributed by atoms with Gasteiger partial charge in [0.15, 0.2) is 0 Å². The number of nitrogens with zero attached hydrogens (tertiary/aromatic N) is 1. The van der Waals surface area contributed by atoms with Gasteiger partial charge in [-0.2, -0.15) is 13.2 Å². The molecule has 0 saturated carbocycles. The van der Waals surface area contributed by atoms with Crippen molar-refractivity contribution >= 4 is 27.3 Å². The van der Waals surface area contributed by atoms with E-state index in [1.54, 1.807) is 36.4 Å². The van der Waals surface area contributed by atoms with Crippen molar-refractivity contribution in [1.82, 2.24) is 0 Å². The van der Waals surface area contributed by atoms with Crippen molar-refractivity contribution in [1.29, 1.82) is 0 Å². The number of benzene rings is 3. The molecule has 174 valence electrons. The SMILES string of the molecule is CCc1ccccc1N(CC(=O)Nc1cccc(C(F)(F)F)c1)S(=O)(=O)c1ccc(C)cc1. The number of sulfonamides is 1. The highest BCUT2D eigenvalue weighted by atomic mass is 32.2. The summed E-state index contributed by atoms with van der Waals surface area (Å²) in [6.07, 6.45) is -4.05. The predicted molar refractivity (Wildman–Crippen MR) is 122 cm³/mol. The van der Waals surface area contributed by atoms with Gasteiger partial charge in [-0.3, -0.25) is 9.10 Å². The molecule has 3 aromatic carbocycles. The number of rotatable bonds is 7. The second-order valence-electron chi connectivity index (χ2n) is 7.43. The first kappa shape index (κ1) is 24.3. The predicted octanol–water partition coefficient (Wildman–Crippen LogP) is 5.41. The summed E-state index contributed by atoms with van der Waals surface area (Å²) in [4.78, 5) is 12.8. The molecular formula is C24H23F3N2O3S. The first-order valence-corrected chi connectivity index (χ1v) is 11.6. The summed E-state index contributed by atoms with van der Waals surface area (Å²) in [7, 11) is -4.13. The lowest BCUT2D eigenvalue weighted by Crippen LogP contribution is -2.38. The number of carbonyl (C=O) groups excluding carboxylic acids is 1. The number of para-hydroxylation sites is 1. The van der Waals surface area contributed by atoms with Crippen molar-refractivity contribution in [2.45, 2.75) is 31.3 Å². The largest absolute Gasteiger partial charge is 0.416 e. The van der Waals surface area contributed by atoms with E-state index < -0.39 is 34.2 Å². The van der Waals surface area contributed by atoms with Crippen LogP contribution >= 0.6 is 0 Å².